The Hall–Kier alpha value is -2.83. The average molecular weight is 504 g/mol. The fourth-order valence-electron chi connectivity index (χ4n) is 2.78. The van der Waals surface area contributed by atoms with E-state index in [-0.39, 0.29) is 11.7 Å². The van der Waals surface area contributed by atoms with Gasteiger partial charge >= 0.3 is 0 Å². The Balaban J connectivity index is 1.74. The second-order valence-corrected chi connectivity index (χ2v) is 8.37. The summed E-state index contributed by atoms with van der Waals surface area (Å²) in [6.45, 7) is 0. The van der Waals surface area contributed by atoms with Crippen LogP contribution in [0.3, 0.4) is 0 Å². The number of phenols is 1. The number of hydrogen-bond donors (Lipinski definition) is 1. The number of aliphatic imine (C=N–C) groups is 1. The van der Waals surface area contributed by atoms with Crippen molar-refractivity contribution in [3.05, 3.63) is 98.1 Å². The molecular formula is C23H14Cl4N4O. The Labute approximate surface area is 204 Å². The summed E-state index contributed by atoms with van der Waals surface area (Å²) in [5.74, 6) is 0.335. The lowest BCUT2D eigenvalue weighted by molar-refractivity contribution is 0.474. The Bertz CT molecular complexity index is 1330. The molecule has 1 aromatic heterocycles. The molecule has 0 aliphatic rings. The fraction of sp³-hybridized carbons (Fsp3) is 0. The van der Waals surface area contributed by atoms with Gasteiger partial charge in [-0.15, -0.1) is 0 Å². The molecule has 0 aliphatic carbocycles. The highest BCUT2D eigenvalue weighted by Gasteiger charge is 2.09. The van der Waals surface area contributed by atoms with Crippen molar-refractivity contribution in [2.24, 2.45) is 10.1 Å². The van der Waals surface area contributed by atoms with Gasteiger partial charge in [0, 0.05) is 38.0 Å². The zero-order valence-electron chi connectivity index (χ0n) is 16.3. The van der Waals surface area contributed by atoms with Gasteiger partial charge in [0.15, 0.2) is 0 Å². The second-order valence-electron chi connectivity index (χ2n) is 6.65. The molecule has 0 saturated heterocycles. The van der Waals surface area contributed by atoms with Crippen LogP contribution in [-0.2, 0) is 0 Å². The van der Waals surface area contributed by atoms with E-state index in [9.17, 15) is 5.11 Å². The first kappa shape index (κ1) is 22.4. The minimum Gasteiger partial charge on any atom is -0.507 e. The SMILES string of the molecule is Oc1ccc(Cl)cc1/C=N/c1nc(-c2ccc(Cl)cc2)cn1/N=C/c1ccc(Cl)cc1Cl. The van der Waals surface area contributed by atoms with Crippen LogP contribution < -0.4 is 0 Å². The number of hydrogen-bond acceptors (Lipinski definition) is 4. The van der Waals surface area contributed by atoms with Crippen LogP contribution in [0.25, 0.3) is 11.3 Å². The number of rotatable bonds is 5. The summed E-state index contributed by atoms with van der Waals surface area (Å²) in [6, 6.07) is 17.1. The van der Waals surface area contributed by atoms with E-state index in [1.54, 1.807) is 54.9 Å². The summed E-state index contributed by atoms with van der Waals surface area (Å²) < 4.78 is 1.51. The zero-order valence-corrected chi connectivity index (χ0v) is 19.3. The maximum Gasteiger partial charge on any atom is 0.251 e. The van der Waals surface area contributed by atoms with Gasteiger partial charge in [0.2, 0.25) is 0 Å². The summed E-state index contributed by atoms with van der Waals surface area (Å²) in [5.41, 5.74) is 2.61. The highest BCUT2D eigenvalue weighted by atomic mass is 35.5. The highest BCUT2D eigenvalue weighted by Crippen LogP contribution is 2.26. The average Bonchev–Trinajstić information content (AvgIpc) is 3.17. The van der Waals surface area contributed by atoms with Gasteiger partial charge in [-0.1, -0.05) is 64.6 Å². The van der Waals surface area contributed by atoms with Gasteiger partial charge in [-0.05, 0) is 42.5 Å². The number of benzene rings is 3. The zero-order chi connectivity index (χ0) is 22.7. The monoisotopic (exact) mass is 502 g/mol. The molecular weight excluding hydrogens is 490 g/mol. The quantitative estimate of drug-likeness (QED) is 0.286. The van der Waals surface area contributed by atoms with Gasteiger partial charge in [0.1, 0.15) is 5.75 Å². The molecule has 0 amide bonds. The van der Waals surface area contributed by atoms with Crippen molar-refractivity contribution in [3.63, 3.8) is 0 Å². The molecule has 4 aromatic rings. The van der Waals surface area contributed by atoms with Crippen molar-refractivity contribution >= 4 is 64.8 Å². The van der Waals surface area contributed by atoms with E-state index in [1.165, 1.54) is 17.0 Å². The van der Waals surface area contributed by atoms with Crippen molar-refractivity contribution in [1.29, 1.82) is 0 Å². The number of aromatic hydroxyl groups is 1. The predicted octanol–water partition coefficient (Wildman–Crippen LogP) is 7.50. The Morgan fingerprint density at radius 3 is 2.22 bits per heavy atom. The van der Waals surface area contributed by atoms with Crippen LogP contribution in [0, 0.1) is 0 Å². The molecule has 160 valence electrons. The third kappa shape index (κ3) is 5.31. The van der Waals surface area contributed by atoms with Crippen LogP contribution in [0.1, 0.15) is 11.1 Å². The van der Waals surface area contributed by atoms with E-state index < -0.39 is 0 Å². The first-order chi connectivity index (χ1) is 15.4. The molecule has 0 saturated carbocycles. The summed E-state index contributed by atoms with van der Waals surface area (Å²) in [4.78, 5) is 8.97. The number of aromatic nitrogens is 2. The van der Waals surface area contributed by atoms with E-state index in [1.807, 2.05) is 12.1 Å². The first-order valence-electron chi connectivity index (χ1n) is 9.26. The van der Waals surface area contributed by atoms with Crippen molar-refractivity contribution in [1.82, 2.24) is 9.66 Å². The van der Waals surface area contributed by atoms with E-state index in [4.69, 9.17) is 46.4 Å². The minimum absolute atomic E-state index is 0.0469. The van der Waals surface area contributed by atoms with Crippen LogP contribution >= 0.6 is 46.4 Å². The summed E-state index contributed by atoms with van der Waals surface area (Å²) >= 11 is 24.2. The van der Waals surface area contributed by atoms with Crippen LogP contribution in [-0.4, -0.2) is 27.2 Å². The van der Waals surface area contributed by atoms with E-state index >= 15 is 0 Å². The van der Waals surface area contributed by atoms with Crippen molar-refractivity contribution < 1.29 is 5.11 Å². The van der Waals surface area contributed by atoms with Crippen LogP contribution in [0.2, 0.25) is 20.1 Å². The molecule has 3 aromatic carbocycles. The number of halogens is 4. The summed E-state index contributed by atoms with van der Waals surface area (Å²) in [6.07, 6.45) is 4.78. The largest absolute Gasteiger partial charge is 0.507 e. The molecule has 0 spiro atoms. The van der Waals surface area contributed by atoms with Crippen LogP contribution in [0.4, 0.5) is 5.95 Å². The van der Waals surface area contributed by atoms with Crippen molar-refractivity contribution in [3.8, 4) is 17.0 Å². The minimum atomic E-state index is 0.0469. The van der Waals surface area contributed by atoms with E-state index in [0.29, 0.717) is 36.9 Å². The topological polar surface area (TPSA) is 62.8 Å². The highest BCUT2D eigenvalue weighted by molar-refractivity contribution is 6.36. The standard InChI is InChI=1S/C23H14Cl4N4O/c24-17-4-1-14(2-5-17)21-13-31(29-12-15-3-6-19(26)10-20(15)27)23(30-21)28-11-16-9-18(25)7-8-22(16)32/h1-13,32H/b28-11+,29-12+. The third-order valence-electron chi connectivity index (χ3n) is 4.40. The molecule has 4 rings (SSSR count). The normalized spacial score (nSPS) is 11.6. The van der Waals surface area contributed by atoms with E-state index in [2.05, 4.69) is 15.1 Å². The van der Waals surface area contributed by atoms with Crippen molar-refractivity contribution in [2.45, 2.75) is 0 Å². The van der Waals surface area contributed by atoms with Gasteiger partial charge in [-0.25, -0.2) is 14.7 Å². The lowest BCUT2D eigenvalue weighted by atomic mass is 10.2. The lowest BCUT2D eigenvalue weighted by Gasteiger charge is -2.00. The van der Waals surface area contributed by atoms with Crippen LogP contribution in [0.15, 0.2) is 77.0 Å². The summed E-state index contributed by atoms with van der Waals surface area (Å²) in [5, 5.41) is 16.6. The number of nitrogens with zero attached hydrogens (tertiary/aromatic N) is 4. The molecule has 0 bridgehead atoms. The molecule has 0 aliphatic heterocycles. The lowest BCUT2D eigenvalue weighted by Crippen LogP contribution is -1.91. The van der Waals surface area contributed by atoms with E-state index in [0.717, 1.165) is 5.56 Å². The predicted molar refractivity (Wildman–Crippen MR) is 132 cm³/mol. The molecule has 0 unspecified atom stereocenters. The van der Waals surface area contributed by atoms with Gasteiger partial charge in [-0.3, -0.25) is 0 Å². The molecule has 5 nitrogen and oxygen atoms in total. The molecule has 9 heteroatoms. The first-order valence-corrected chi connectivity index (χ1v) is 10.8. The fourth-order valence-corrected chi connectivity index (χ4v) is 3.54. The number of imidazole rings is 1. The van der Waals surface area contributed by atoms with Crippen LogP contribution in [0.5, 0.6) is 5.75 Å². The maximum absolute atomic E-state index is 10.1. The Morgan fingerprint density at radius 1 is 0.781 bits per heavy atom. The maximum atomic E-state index is 10.1. The van der Waals surface area contributed by atoms with Gasteiger partial charge < -0.3 is 5.11 Å². The van der Waals surface area contributed by atoms with Gasteiger partial charge in [0.25, 0.3) is 5.95 Å². The smallest absolute Gasteiger partial charge is 0.251 e. The second kappa shape index (κ2) is 9.76. The Morgan fingerprint density at radius 2 is 1.47 bits per heavy atom. The molecule has 1 heterocycles. The molecule has 0 atom stereocenters. The van der Waals surface area contributed by atoms with Crippen molar-refractivity contribution in [2.75, 3.05) is 0 Å². The third-order valence-corrected chi connectivity index (χ3v) is 5.45. The number of phenolic OH excluding ortho intramolecular Hbond substituents is 1. The molecule has 32 heavy (non-hydrogen) atoms. The molecule has 1 N–H and O–H groups in total. The Kier molecular flexibility index (Phi) is 6.82. The molecule has 0 fully saturated rings. The van der Waals surface area contributed by atoms with Gasteiger partial charge in [0.05, 0.1) is 23.1 Å². The summed E-state index contributed by atoms with van der Waals surface area (Å²) in [7, 11) is 0. The van der Waals surface area contributed by atoms with Gasteiger partial charge in [-0.2, -0.15) is 5.10 Å². The molecule has 0 radical (unpaired) electrons.